The SMILES string of the molecule is Cn1ccnc1[C@@H](NC(=O)CSc1n[nH]c(=O)n1Cc1ccccc1)c1ccccc1. The van der Waals surface area contributed by atoms with Gasteiger partial charge in [-0.25, -0.2) is 14.9 Å². The molecule has 0 aliphatic rings. The first-order valence-corrected chi connectivity index (χ1v) is 10.7. The number of H-pyrrole nitrogens is 1. The second-order valence-electron chi connectivity index (χ2n) is 6.98. The second-order valence-corrected chi connectivity index (χ2v) is 7.92. The zero-order valence-electron chi connectivity index (χ0n) is 16.9. The molecule has 0 radical (unpaired) electrons. The first-order valence-electron chi connectivity index (χ1n) is 9.75. The van der Waals surface area contributed by atoms with Crippen molar-refractivity contribution >= 4 is 17.7 Å². The molecule has 0 saturated carbocycles. The number of hydrogen-bond donors (Lipinski definition) is 2. The Bertz CT molecular complexity index is 1200. The Morgan fingerprint density at radius 2 is 1.84 bits per heavy atom. The van der Waals surface area contributed by atoms with Crippen molar-refractivity contribution in [3.8, 4) is 0 Å². The molecule has 0 saturated heterocycles. The molecule has 0 aliphatic carbocycles. The Morgan fingerprint density at radius 3 is 2.52 bits per heavy atom. The molecule has 2 heterocycles. The average Bonchev–Trinajstić information content (AvgIpc) is 3.37. The molecule has 0 fully saturated rings. The molecule has 9 heteroatoms. The summed E-state index contributed by atoms with van der Waals surface area (Å²) in [7, 11) is 1.89. The van der Waals surface area contributed by atoms with E-state index in [0.717, 1.165) is 17.0 Å². The number of nitrogens with one attached hydrogen (secondary N) is 2. The lowest BCUT2D eigenvalue weighted by molar-refractivity contribution is -0.119. The fourth-order valence-electron chi connectivity index (χ4n) is 3.25. The predicted octanol–water partition coefficient (Wildman–Crippen LogP) is 2.35. The van der Waals surface area contributed by atoms with Gasteiger partial charge in [-0.15, -0.1) is 5.10 Å². The Labute approximate surface area is 183 Å². The van der Waals surface area contributed by atoms with E-state index in [9.17, 15) is 9.59 Å². The normalized spacial score (nSPS) is 11.9. The lowest BCUT2D eigenvalue weighted by Crippen LogP contribution is -2.32. The number of hydrogen-bond acceptors (Lipinski definition) is 5. The number of rotatable bonds is 8. The molecule has 2 aromatic heterocycles. The molecule has 8 nitrogen and oxygen atoms in total. The van der Waals surface area contributed by atoms with Crippen LogP contribution in [0.2, 0.25) is 0 Å². The Hall–Kier alpha value is -3.59. The topological polar surface area (TPSA) is 97.6 Å². The molecule has 0 aliphatic heterocycles. The van der Waals surface area contributed by atoms with E-state index >= 15 is 0 Å². The zero-order chi connectivity index (χ0) is 21.6. The fraction of sp³-hybridized carbons (Fsp3) is 0.182. The highest BCUT2D eigenvalue weighted by molar-refractivity contribution is 7.99. The maximum absolute atomic E-state index is 12.8. The maximum Gasteiger partial charge on any atom is 0.344 e. The van der Waals surface area contributed by atoms with Crippen LogP contribution in [-0.4, -0.2) is 36.0 Å². The van der Waals surface area contributed by atoms with Crippen molar-refractivity contribution in [2.24, 2.45) is 7.05 Å². The number of aryl methyl sites for hydroxylation is 1. The highest BCUT2D eigenvalue weighted by Gasteiger charge is 2.21. The van der Waals surface area contributed by atoms with Gasteiger partial charge in [0.15, 0.2) is 5.16 Å². The third-order valence-corrected chi connectivity index (χ3v) is 5.77. The number of aromatic nitrogens is 5. The fourth-order valence-corrected chi connectivity index (χ4v) is 4.01. The Balaban J connectivity index is 1.46. The van der Waals surface area contributed by atoms with Gasteiger partial charge in [0.05, 0.1) is 12.3 Å². The van der Waals surface area contributed by atoms with Gasteiger partial charge in [-0.3, -0.25) is 9.36 Å². The van der Waals surface area contributed by atoms with Crippen molar-refractivity contribution in [3.63, 3.8) is 0 Å². The summed E-state index contributed by atoms with van der Waals surface area (Å²) in [5.74, 6) is 0.682. The molecule has 31 heavy (non-hydrogen) atoms. The molecule has 158 valence electrons. The minimum Gasteiger partial charge on any atom is -0.341 e. The molecular weight excluding hydrogens is 412 g/mol. The molecule has 2 aromatic carbocycles. The summed E-state index contributed by atoms with van der Waals surface area (Å²) in [6.07, 6.45) is 3.55. The van der Waals surface area contributed by atoms with Crippen LogP contribution in [0, 0.1) is 0 Å². The molecule has 0 spiro atoms. The van der Waals surface area contributed by atoms with E-state index in [1.165, 1.54) is 16.3 Å². The maximum atomic E-state index is 12.8. The van der Waals surface area contributed by atoms with Crippen LogP contribution in [0.3, 0.4) is 0 Å². The van der Waals surface area contributed by atoms with Gasteiger partial charge in [0.1, 0.15) is 11.9 Å². The van der Waals surface area contributed by atoms with Gasteiger partial charge in [-0.1, -0.05) is 72.4 Å². The first-order chi connectivity index (χ1) is 15.1. The van der Waals surface area contributed by atoms with Crippen LogP contribution in [0.25, 0.3) is 0 Å². The summed E-state index contributed by atoms with van der Waals surface area (Å²) in [6.45, 7) is 0.389. The van der Waals surface area contributed by atoms with Crippen LogP contribution in [0.4, 0.5) is 0 Å². The predicted molar refractivity (Wildman–Crippen MR) is 119 cm³/mol. The number of amides is 1. The summed E-state index contributed by atoms with van der Waals surface area (Å²) < 4.78 is 3.41. The summed E-state index contributed by atoms with van der Waals surface area (Å²) in [5.41, 5.74) is 1.62. The monoisotopic (exact) mass is 434 g/mol. The molecule has 0 unspecified atom stereocenters. The molecule has 4 aromatic rings. The summed E-state index contributed by atoms with van der Waals surface area (Å²) in [4.78, 5) is 29.4. The molecule has 1 amide bonds. The smallest absolute Gasteiger partial charge is 0.341 e. The minimum absolute atomic E-state index is 0.118. The van der Waals surface area contributed by atoms with Gasteiger partial charge in [0.25, 0.3) is 0 Å². The molecule has 4 rings (SSSR count). The molecule has 2 N–H and O–H groups in total. The first kappa shape index (κ1) is 20.7. The van der Waals surface area contributed by atoms with Crippen molar-refractivity contribution in [1.82, 2.24) is 29.6 Å². The standard InChI is InChI=1S/C22H22N6O2S/c1-27-13-12-23-20(27)19(17-10-6-3-7-11-17)24-18(29)15-31-22-26-25-21(30)28(22)14-16-8-4-2-5-9-16/h2-13,19H,14-15H2,1H3,(H,24,29)(H,25,30)/t19-/m0/s1. The molecule has 0 bridgehead atoms. The van der Waals surface area contributed by atoms with E-state index in [4.69, 9.17) is 0 Å². The summed E-state index contributed by atoms with van der Waals surface area (Å²) in [5, 5.41) is 10.1. The van der Waals surface area contributed by atoms with Gasteiger partial charge in [0, 0.05) is 19.4 Å². The van der Waals surface area contributed by atoms with E-state index in [1.807, 2.05) is 78.5 Å². The van der Waals surface area contributed by atoms with Gasteiger partial charge < -0.3 is 9.88 Å². The van der Waals surface area contributed by atoms with Crippen molar-refractivity contribution in [3.05, 3.63) is 100 Å². The van der Waals surface area contributed by atoms with E-state index in [1.54, 1.807) is 6.20 Å². The number of nitrogens with zero attached hydrogens (tertiary/aromatic N) is 4. The van der Waals surface area contributed by atoms with E-state index in [2.05, 4.69) is 20.5 Å². The lowest BCUT2D eigenvalue weighted by Gasteiger charge is -2.19. The number of imidazole rings is 1. The molecular formula is C22H22N6O2S. The van der Waals surface area contributed by atoms with Crippen LogP contribution in [0.5, 0.6) is 0 Å². The largest absolute Gasteiger partial charge is 0.344 e. The van der Waals surface area contributed by atoms with Crippen LogP contribution in [-0.2, 0) is 18.4 Å². The van der Waals surface area contributed by atoms with E-state index < -0.39 is 0 Å². The van der Waals surface area contributed by atoms with Gasteiger partial charge in [-0.2, -0.15) is 0 Å². The third kappa shape index (κ3) is 4.95. The van der Waals surface area contributed by atoms with Crippen molar-refractivity contribution in [2.45, 2.75) is 17.7 Å². The minimum atomic E-state index is -0.375. The van der Waals surface area contributed by atoms with Crippen molar-refractivity contribution < 1.29 is 4.79 Å². The van der Waals surface area contributed by atoms with Crippen LogP contribution < -0.4 is 11.0 Å². The summed E-state index contributed by atoms with van der Waals surface area (Å²) >= 11 is 1.22. The number of thioether (sulfide) groups is 1. The number of carbonyl (C=O) groups is 1. The van der Waals surface area contributed by atoms with Crippen molar-refractivity contribution in [2.75, 3.05) is 5.75 Å². The second kappa shape index (κ2) is 9.48. The number of aromatic amines is 1. The highest BCUT2D eigenvalue weighted by atomic mass is 32.2. The third-order valence-electron chi connectivity index (χ3n) is 4.79. The lowest BCUT2D eigenvalue weighted by atomic mass is 10.1. The number of carbonyl (C=O) groups excluding carboxylic acids is 1. The zero-order valence-corrected chi connectivity index (χ0v) is 17.7. The van der Waals surface area contributed by atoms with Gasteiger partial charge in [-0.05, 0) is 11.1 Å². The Morgan fingerprint density at radius 1 is 1.13 bits per heavy atom. The van der Waals surface area contributed by atoms with E-state index in [0.29, 0.717) is 11.7 Å². The quantitative estimate of drug-likeness (QED) is 0.415. The van der Waals surface area contributed by atoms with Gasteiger partial charge in [0.2, 0.25) is 5.91 Å². The Kier molecular flexibility index (Phi) is 6.32. The van der Waals surface area contributed by atoms with Crippen LogP contribution in [0.1, 0.15) is 23.0 Å². The van der Waals surface area contributed by atoms with Crippen molar-refractivity contribution in [1.29, 1.82) is 0 Å². The number of benzene rings is 2. The van der Waals surface area contributed by atoms with Crippen LogP contribution >= 0.6 is 11.8 Å². The van der Waals surface area contributed by atoms with Crippen LogP contribution in [0.15, 0.2) is 83.0 Å². The molecule has 1 atom stereocenters. The highest BCUT2D eigenvalue weighted by Crippen LogP contribution is 2.21. The van der Waals surface area contributed by atoms with Gasteiger partial charge >= 0.3 is 5.69 Å². The van der Waals surface area contributed by atoms with E-state index in [-0.39, 0.29) is 23.4 Å². The average molecular weight is 435 g/mol. The summed E-state index contributed by atoms with van der Waals surface area (Å²) in [6, 6.07) is 19.0.